The zero-order valence-corrected chi connectivity index (χ0v) is 11.8. The summed E-state index contributed by atoms with van der Waals surface area (Å²) in [5.74, 6) is 5.99. The molecular weight excluding hydrogens is 326 g/mol. The molecule has 1 aromatic carbocycles. The molecule has 0 atom stereocenters. The summed E-state index contributed by atoms with van der Waals surface area (Å²) in [4.78, 5) is 5.04. The van der Waals surface area contributed by atoms with Crippen LogP contribution in [0.2, 0.25) is 5.02 Å². The van der Waals surface area contributed by atoms with Gasteiger partial charge in [-0.15, -0.1) is 0 Å². The molecule has 4 nitrogen and oxygen atoms in total. The smallest absolute Gasteiger partial charge is 0.197 e. The Morgan fingerprint density at radius 3 is 3.00 bits per heavy atom. The average Bonchev–Trinajstić information content (AvgIpc) is 2.76. The fourth-order valence-electron chi connectivity index (χ4n) is 1.18. The van der Waals surface area contributed by atoms with Gasteiger partial charge in [0.15, 0.2) is 5.13 Å². The molecule has 0 amide bonds. The molecule has 2 rings (SSSR count). The number of nitrogens with zero attached hydrogens (tertiary/aromatic N) is 1. The van der Waals surface area contributed by atoms with Crippen molar-refractivity contribution in [2.24, 2.45) is 5.84 Å². The maximum Gasteiger partial charge on any atom is 0.197 e. The van der Waals surface area contributed by atoms with Crippen LogP contribution in [0.5, 0.6) is 5.75 Å². The molecule has 1 heterocycles. The van der Waals surface area contributed by atoms with Crippen LogP contribution in [0.3, 0.4) is 0 Å². The number of ether oxygens (including phenoxy) is 1. The third-order valence-corrected chi connectivity index (χ3v) is 3.70. The second kappa shape index (κ2) is 5.68. The highest BCUT2D eigenvalue weighted by Crippen LogP contribution is 2.29. The van der Waals surface area contributed by atoms with Crippen molar-refractivity contribution in [1.29, 1.82) is 0 Å². The van der Waals surface area contributed by atoms with E-state index in [-0.39, 0.29) is 0 Å². The lowest BCUT2D eigenvalue weighted by molar-refractivity contribution is 0.307. The summed E-state index contributed by atoms with van der Waals surface area (Å²) in [6.07, 6.45) is 1.73. The molecule has 0 fully saturated rings. The van der Waals surface area contributed by atoms with Crippen LogP contribution in [-0.4, -0.2) is 4.98 Å². The first-order valence-corrected chi connectivity index (χ1v) is 6.67. The van der Waals surface area contributed by atoms with Gasteiger partial charge in [-0.1, -0.05) is 22.9 Å². The summed E-state index contributed by atoms with van der Waals surface area (Å²) in [7, 11) is 0. The van der Waals surface area contributed by atoms with Crippen LogP contribution in [-0.2, 0) is 6.61 Å². The Hall–Kier alpha value is -0.820. The summed E-state index contributed by atoms with van der Waals surface area (Å²) >= 11 is 10.7. The predicted octanol–water partition coefficient (Wildman–Crippen LogP) is 3.42. The molecule has 0 aliphatic carbocycles. The number of nitrogens with two attached hydrogens (primary N) is 1. The van der Waals surface area contributed by atoms with Crippen molar-refractivity contribution in [3.8, 4) is 5.75 Å². The molecule has 0 bridgehead atoms. The van der Waals surface area contributed by atoms with Crippen LogP contribution in [0, 0.1) is 0 Å². The number of thiazole rings is 1. The molecule has 0 unspecified atom stereocenters. The SMILES string of the molecule is NNc1ncc(COc2ccc(Cl)cc2Br)s1. The minimum absolute atomic E-state index is 0.444. The number of anilines is 1. The Labute approximate surface area is 116 Å². The van der Waals surface area contributed by atoms with Gasteiger partial charge >= 0.3 is 0 Å². The number of rotatable bonds is 4. The number of benzene rings is 1. The first-order chi connectivity index (χ1) is 8.19. The molecule has 0 aliphatic rings. The van der Waals surface area contributed by atoms with Crippen molar-refractivity contribution in [3.63, 3.8) is 0 Å². The van der Waals surface area contributed by atoms with E-state index < -0.39 is 0 Å². The largest absolute Gasteiger partial charge is 0.487 e. The summed E-state index contributed by atoms with van der Waals surface area (Å²) in [6.45, 7) is 0.444. The van der Waals surface area contributed by atoms with Crippen LogP contribution >= 0.6 is 38.9 Å². The van der Waals surface area contributed by atoms with Crippen molar-refractivity contribution in [2.45, 2.75) is 6.61 Å². The number of halogens is 2. The number of aromatic nitrogens is 1. The van der Waals surface area contributed by atoms with E-state index in [1.54, 1.807) is 18.3 Å². The van der Waals surface area contributed by atoms with Gasteiger partial charge in [0.2, 0.25) is 0 Å². The average molecular weight is 335 g/mol. The zero-order valence-electron chi connectivity index (χ0n) is 8.61. The molecule has 0 radical (unpaired) electrons. The van der Waals surface area contributed by atoms with E-state index >= 15 is 0 Å². The summed E-state index contributed by atoms with van der Waals surface area (Å²) < 4.78 is 6.46. The molecular formula is C10H9BrClN3OS. The minimum Gasteiger partial charge on any atom is -0.487 e. The molecule has 0 saturated heterocycles. The molecule has 90 valence electrons. The van der Waals surface area contributed by atoms with Crippen LogP contribution in [0.4, 0.5) is 5.13 Å². The Morgan fingerprint density at radius 1 is 1.53 bits per heavy atom. The Balaban J connectivity index is 2.02. The van der Waals surface area contributed by atoms with Crippen LogP contribution in [0.15, 0.2) is 28.9 Å². The predicted molar refractivity (Wildman–Crippen MR) is 73.4 cm³/mol. The number of hydrogen-bond acceptors (Lipinski definition) is 5. The second-order valence-electron chi connectivity index (χ2n) is 3.14. The Bertz CT molecular complexity index is 520. The van der Waals surface area contributed by atoms with Crippen molar-refractivity contribution in [2.75, 3.05) is 5.43 Å². The summed E-state index contributed by atoms with van der Waals surface area (Å²) in [6, 6.07) is 5.38. The standard InChI is InChI=1S/C10H9BrClN3OS/c11-8-3-6(12)1-2-9(8)16-5-7-4-14-10(15-13)17-7/h1-4H,5,13H2,(H,14,15). The maximum absolute atomic E-state index is 5.84. The molecule has 2 aromatic rings. The molecule has 0 spiro atoms. The summed E-state index contributed by atoms with van der Waals surface area (Å²) in [5, 5.41) is 1.33. The fraction of sp³-hybridized carbons (Fsp3) is 0.100. The number of hydrazine groups is 1. The van der Waals surface area contributed by atoms with Crippen LogP contribution in [0.25, 0.3) is 0 Å². The van der Waals surface area contributed by atoms with Gasteiger partial charge in [-0.2, -0.15) is 0 Å². The third kappa shape index (κ3) is 3.32. The van der Waals surface area contributed by atoms with Gasteiger partial charge in [0.1, 0.15) is 12.4 Å². The molecule has 3 N–H and O–H groups in total. The van der Waals surface area contributed by atoms with E-state index in [2.05, 4.69) is 26.3 Å². The van der Waals surface area contributed by atoms with E-state index in [0.29, 0.717) is 16.8 Å². The monoisotopic (exact) mass is 333 g/mol. The van der Waals surface area contributed by atoms with Gasteiger partial charge in [0, 0.05) is 11.2 Å². The fourth-order valence-corrected chi connectivity index (χ4v) is 2.62. The number of nitrogens with one attached hydrogen (secondary N) is 1. The van der Waals surface area contributed by atoms with Gasteiger partial charge in [0.05, 0.1) is 9.35 Å². The Kier molecular flexibility index (Phi) is 4.22. The number of hydrogen-bond donors (Lipinski definition) is 2. The Morgan fingerprint density at radius 2 is 2.35 bits per heavy atom. The van der Waals surface area contributed by atoms with Gasteiger partial charge < -0.3 is 4.74 Å². The van der Waals surface area contributed by atoms with Gasteiger partial charge in [-0.3, -0.25) is 5.43 Å². The third-order valence-electron chi connectivity index (χ3n) is 1.94. The molecule has 0 saturated carbocycles. The quantitative estimate of drug-likeness (QED) is 0.664. The van der Waals surface area contributed by atoms with E-state index in [0.717, 1.165) is 15.1 Å². The lowest BCUT2D eigenvalue weighted by Crippen LogP contribution is -2.05. The maximum atomic E-state index is 5.84. The van der Waals surface area contributed by atoms with E-state index in [1.165, 1.54) is 11.3 Å². The lowest BCUT2D eigenvalue weighted by Gasteiger charge is -2.06. The zero-order chi connectivity index (χ0) is 12.3. The molecule has 0 aliphatic heterocycles. The molecule has 1 aromatic heterocycles. The summed E-state index contributed by atoms with van der Waals surface area (Å²) in [5.41, 5.74) is 2.49. The number of nitrogen functional groups attached to an aromatic ring is 1. The molecule has 17 heavy (non-hydrogen) atoms. The van der Waals surface area contributed by atoms with E-state index in [9.17, 15) is 0 Å². The van der Waals surface area contributed by atoms with Crippen molar-refractivity contribution in [3.05, 3.63) is 38.8 Å². The minimum atomic E-state index is 0.444. The van der Waals surface area contributed by atoms with E-state index in [1.807, 2.05) is 6.07 Å². The first-order valence-electron chi connectivity index (χ1n) is 4.68. The van der Waals surface area contributed by atoms with Gasteiger partial charge in [0.25, 0.3) is 0 Å². The highest BCUT2D eigenvalue weighted by atomic mass is 79.9. The van der Waals surface area contributed by atoms with Gasteiger partial charge in [-0.25, -0.2) is 10.8 Å². The van der Waals surface area contributed by atoms with Gasteiger partial charge in [-0.05, 0) is 34.1 Å². The topological polar surface area (TPSA) is 60.2 Å². The van der Waals surface area contributed by atoms with Crippen molar-refractivity contribution < 1.29 is 4.74 Å². The van der Waals surface area contributed by atoms with E-state index in [4.69, 9.17) is 22.2 Å². The highest BCUT2D eigenvalue weighted by Gasteiger charge is 2.04. The first kappa shape index (κ1) is 12.6. The highest BCUT2D eigenvalue weighted by molar-refractivity contribution is 9.10. The van der Waals surface area contributed by atoms with Crippen LogP contribution in [0.1, 0.15) is 4.88 Å². The van der Waals surface area contributed by atoms with Crippen molar-refractivity contribution >= 4 is 44.0 Å². The lowest BCUT2D eigenvalue weighted by atomic mass is 10.3. The molecule has 7 heteroatoms. The second-order valence-corrected chi connectivity index (χ2v) is 5.55. The normalized spacial score (nSPS) is 10.3. The van der Waals surface area contributed by atoms with Crippen LogP contribution < -0.4 is 16.0 Å². The van der Waals surface area contributed by atoms with Crippen molar-refractivity contribution in [1.82, 2.24) is 4.98 Å².